The van der Waals surface area contributed by atoms with Crippen molar-refractivity contribution in [2.45, 2.75) is 51.6 Å². The second-order valence-corrected chi connectivity index (χ2v) is 6.81. The summed E-state index contributed by atoms with van der Waals surface area (Å²) < 4.78 is 0. The SMILES string of the molecule is CC(CN1CCCC1)NC(C)C1CC2C=CC1C2. The summed E-state index contributed by atoms with van der Waals surface area (Å²) in [5.74, 6) is 2.66. The van der Waals surface area contributed by atoms with E-state index < -0.39 is 0 Å². The molecule has 1 saturated heterocycles. The first-order valence-corrected chi connectivity index (χ1v) is 7.89. The predicted molar refractivity (Wildman–Crippen MR) is 76.6 cm³/mol. The Kier molecular flexibility index (Phi) is 3.76. The van der Waals surface area contributed by atoms with Gasteiger partial charge in [0.1, 0.15) is 0 Å². The summed E-state index contributed by atoms with van der Waals surface area (Å²) in [6.45, 7) is 8.63. The highest BCUT2D eigenvalue weighted by molar-refractivity contribution is 5.11. The molecule has 1 heterocycles. The molecular formula is C16H28N2. The monoisotopic (exact) mass is 248 g/mol. The number of hydrogen-bond acceptors (Lipinski definition) is 2. The van der Waals surface area contributed by atoms with Gasteiger partial charge in [-0.1, -0.05) is 12.2 Å². The molecule has 2 aliphatic carbocycles. The topological polar surface area (TPSA) is 15.3 Å². The van der Waals surface area contributed by atoms with Gasteiger partial charge in [-0.05, 0) is 70.4 Å². The Bertz CT molecular complexity index is 306. The maximum Gasteiger partial charge on any atom is 0.0169 e. The lowest BCUT2D eigenvalue weighted by Crippen LogP contribution is -2.45. The highest BCUT2D eigenvalue weighted by atomic mass is 15.2. The molecule has 0 aromatic rings. The van der Waals surface area contributed by atoms with Gasteiger partial charge in [0, 0.05) is 18.6 Å². The molecule has 3 aliphatic rings. The molecule has 1 N–H and O–H groups in total. The maximum atomic E-state index is 3.86. The Hall–Kier alpha value is -0.340. The van der Waals surface area contributed by atoms with Crippen LogP contribution in [0.2, 0.25) is 0 Å². The Morgan fingerprint density at radius 3 is 2.56 bits per heavy atom. The smallest absolute Gasteiger partial charge is 0.0169 e. The van der Waals surface area contributed by atoms with Gasteiger partial charge in [0.15, 0.2) is 0 Å². The molecule has 2 bridgehead atoms. The zero-order chi connectivity index (χ0) is 12.5. The van der Waals surface area contributed by atoms with Crippen molar-refractivity contribution in [3.8, 4) is 0 Å². The van der Waals surface area contributed by atoms with Gasteiger partial charge in [0.25, 0.3) is 0 Å². The van der Waals surface area contributed by atoms with Gasteiger partial charge < -0.3 is 10.2 Å². The summed E-state index contributed by atoms with van der Waals surface area (Å²) in [6.07, 6.45) is 10.6. The minimum absolute atomic E-state index is 0.640. The van der Waals surface area contributed by atoms with Crippen LogP contribution in [0.25, 0.3) is 0 Å². The first-order valence-electron chi connectivity index (χ1n) is 7.89. The molecular weight excluding hydrogens is 220 g/mol. The van der Waals surface area contributed by atoms with Crippen molar-refractivity contribution in [3.63, 3.8) is 0 Å². The third kappa shape index (κ3) is 2.65. The number of nitrogens with zero attached hydrogens (tertiary/aromatic N) is 1. The van der Waals surface area contributed by atoms with Crippen LogP contribution in [0.1, 0.15) is 39.5 Å². The van der Waals surface area contributed by atoms with Gasteiger partial charge in [-0.15, -0.1) is 0 Å². The van der Waals surface area contributed by atoms with Gasteiger partial charge in [-0.25, -0.2) is 0 Å². The first kappa shape index (κ1) is 12.7. The second kappa shape index (κ2) is 5.34. The van der Waals surface area contributed by atoms with Crippen LogP contribution in [-0.2, 0) is 0 Å². The van der Waals surface area contributed by atoms with Gasteiger partial charge in [0.05, 0.1) is 0 Å². The molecule has 2 nitrogen and oxygen atoms in total. The lowest BCUT2D eigenvalue weighted by Gasteiger charge is -2.30. The molecule has 102 valence electrons. The van der Waals surface area contributed by atoms with E-state index in [2.05, 4.69) is 36.2 Å². The van der Waals surface area contributed by atoms with E-state index in [1.54, 1.807) is 0 Å². The van der Waals surface area contributed by atoms with E-state index in [1.165, 1.54) is 45.3 Å². The molecule has 0 amide bonds. The van der Waals surface area contributed by atoms with Crippen LogP contribution in [0.4, 0.5) is 0 Å². The summed E-state index contributed by atoms with van der Waals surface area (Å²) in [5.41, 5.74) is 0. The normalized spacial score (nSPS) is 38.4. The lowest BCUT2D eigenvalue weighted by molar-refractivity contribution is 0.253. The van der Waals surface area contributed by atoms with Crippen LogP contribution in [0.5, 0.6) is 0 Å². The lowest BCUT2D eigenvalue weighted by atomic mass is 9.87. The molecule has 5 atom stereocenters. The highest BCUT2D eigenvalue weighted by Crippen LogP contribution is 2.44. The average molecular weight is 248 g/mol. The molecule has 1 saturated carbocycles. The largest absolute Gasteiger partial charge is 0.310 e. The fraction of sp³-hybridized carbons (Fsp3) is 0.875. The fourth-order valence-corrected chi connectivity index (χ4v) is 4.38. The number of rotatable bonds is 5. The molecule has 2 fully saturated rings. The van der Waals surface area contributed by atoms with E-state index in [1.807, 2.05) is 0 Å². The minimum atomic E-state index is 0.640. The minimum Gasteiger partial charge on any atom is -0.310 e. The molecule has 3 rings (SSSR count). The molecule has 2 heteroatoms. The third-order valence-corrected chi connectivity index (χ3v) is 5.25. The fourth-order valence-electron chi connectivity index (χ4n) is 4.38. The van der Waals surface area contributed by atoms with Crippen LogP contribution in [-0.4, -0.2) is 36.6 Å². The molecule has 5 unspecified atom stereocenters. The van der Waals surface area contributed by atoms with E-state index in [4.69, 9.17) is 0 Å². The summed E-state index contributed by atoms with van der Waals surface area (Å²) >= 11 is 0. The Morgan fingerprint density at radius 1 is 1.17 bits per heavy atom. The number of likely N-dealkylation sites (tertiary alicyclic amines) is 1. The zero-order valence-electron chi connectivity index (χ0n) is 11.9. The van der Waals surface area contributed by atoms with Crippen molar-refractivity contribution in [2.24, 2.45) is 17.8 Å². The maximum absolute atomic E-state index is 3.86. The number of nitrogens with one attached hydrogen (secondary N) is 1. The van der Waals surface area contributed by atoms with Crippen molar-refractivity contribution in [1.82, 2.24) is 10.2 Å². The van der Waals surface area contributed by atoms with Crippen LogP contribution in [0.3, 0.4) is 0 Å². The van der Waals surface area contributed by atoms with Crippen molar-refractivity contribution < 1.29 is 0 Å². The zero-order valence-corrected chi connectivity index (χ0v) is 11.9. The van der Waals surface area contributed by atoms with Crippen LogP contribution >= 0.6 is 0 Å². The summed E-state index contributed by atoms with van der Waals surface area (Å²) in [6, 6.07) is 1.32. The van der Waals surface area contributed by atoms with Crippen molar-refractivity contribution >= 4 is 0 Å². The summed E-state index contributed by atoms with van der Waals surface area (Å²) in [4.78, 5) is 2.62. The molecule has 0 radical (unpaired) electrons. The van der Waals surface area contributed by atoms with Crippen molar-refractivity contribution in [1.29, 1.82) is 0 Å². The molecule has 0 aromatic heterocycles. The van der Waals surface area contributed by atoms with Gasteiger partial charge >= 0.3 is 0 Å². The average Bonchev–Trinajstić information content (AvgIpc) is 3.04. The van der Waals surface area contributed by atoms with E-state index in [0.717, 1.165) is 17.8 Å². The predicted octanol–water partition coefficient (Wildman–Crippen LogP) is 2.66. The Morgan fingerprint density at radius 2 is 1.94 bits per heavy atom. The highest BCUT2D eigenvalue weighted by Gasteiger charge is 2.38. The van der Waals surface area contributed by atoms with E-state index in [0.29, 0.717) is 12.1 Å². The molecule has 0 aromatic carbocycles. The van der Waals surface area contributed by atoms with Gasteiger partial charge in [0.2, 0.25) is 0 Å². The van der Waals surface area contributed by atoms with E-state index >= 15 is 0 Å². The standard InChI is InChI=1S/C16H28N2/c1-12(11-18-7-3-4-8-18)17-13(2)16-10-14-5-6-15(16)9-14/h5-6,12-17H,3-4,7-11H2,1-2H3. The van der Waals surface area contributed by atoms with Crippen LogP contribution < -0.4 is 5.32 Å². The van der Waals surface area contributed by atoms with Crippen LogP contribution in [0.15, 0.2) is 12.2 Å². The molecule has 1 aliphatic heterocycles. The second-order valence-electron chi connectivity index (χ2n) is 6.81. The number of hydrogen-bond donors (Lipinski definition) is 1. The summed E-state index contributed by atoms with van der Waals surface area (Å²) in [7, 11) is 0. The third-order valence-electron chi connectivity index (χ3n) is 5.25. The van der Waals surface area contributed by atoms with Gasteiger partial charge in [-0.3, -0.25) is 0 Å². The Labute approximate surface area is 112 Å². The quantitative estimate of drug-likeness (QED) is 0.753. The number of allylic oxidation sites excluding steroid dienone is 2. The van der Waals surface area contributed by atoms with Crippen molar-refractivity contribution in [2.75, 3.05) is 19.6 Å². The van der Waals surface area contributed by atoms with Gasteiger partial charge in [-0.2, -0.15) is 0 Å². The van der Waals surface area contributed by atoms with Crippen LogP contribution in [0, 0.1) is 17.8 Å². The number of fused-ring (bicyclic) bond motifs is 2. The summed E-state index contributed by atoms with van der Waals surface area (Å²) in [5, 5.41) is 3.86. The van der Waals surface area contributed by atoms with E-state index in [9.17, 15) is 0 Å². The first-order chi connectivity index (χ1) is 8.72. The van der Waals surface area contributed by atoms with Crippen molar-refractivity contribution in [3.05, 3.63) is 12.2 Å². The molecule has 0 spiro atoms. The Balaban J connectivity index is 1.45. The molecule has 18 heavy (non-hydrogen) atoms. The van der Waals surface area contributed by atoms with E-state index in [-0.39, 0.29) is 0 Å².